The number of thioether (sulfide) groups is 1. The molecular weight excluding hydrogens is 328 g/mol. The van der Waals surface area contributed by atoms with Crippen molar-refractivity contribution < 1.29 is 19.1 Å². The lowest BCUT2D eigenvalue weighted by Crippen LogP contribution is -2.50. The van der Waals surface area contributed by atoms with Crippen molar-refractivity contribution in [2.24, 2.45) is 10.8 Å². The third-order valence-corrected chi connectivity index (χ3v) is 4.80. The van der Waals surface area contributed by atoms with Gasteiger partial charge in [-0.2, -0.15) is 11.8 Å². The summed E-state index contributed by atoms with van der Waals surface area (Å²) in [5, 5.41) is 5.83. The highest BCUT2D eigenvalue weighted by molar-refractivity contribution is 7.98. The molecule has 0 aromatic rings. The van der Waals surface area contributed by atoms with E-state index in [4.69, 9.17) is 9.47 Å². The number of alkyl carbamates (subject to hydrolysis) is 2. The number of amides is 2. The molecule has 0 bridgehead atoms. The molecule has 140 valence electrons. The number of ether oxygens (including phenoxy) is 2. The monoisotopic (exact) mass is 360 g/mol. The van der Waals surface area contributed by atoms with Crippen molar-refractivity contribution in [1.29, 1.82) is 0 Å². The Morgan fingerprint density at radius 2 is 1.88 bits per heavy atom. The minimum Gasteiger partial charge on any atom is -0.450 e. The molecule has 2 amide bonds. The van der Waals surface area contributed by atoms with Crippen molar-refractivity contribution in [1.82, 2.24) is 10.6 Å². The van der Waals surface area contributed by atoms with Crippen molar-refractivity contribution in [3.63, 3.8) is 0 Å². The minimum absolute atomic E-state index is 0.0483. The first-order valence-electron chi connectivity index (χ1n) is 8.52. The average Bonchev–Trinajstić information content (AvgIpc) is 2.43. The second kappa shape index (κ2) is 9.39. The van der Waals surface area contributed by atoms with Crippen LogP contribution in [0.5, 0.6) is 0 Å². The molecule has 0 aliphatic heterocycles. The number of hydrogen-bond acceptors (Lipinski definition) is 5. The van der Waals surface area contributed by atoms with Gasteiger partial charge in [0.15, 0.2) is 0 Å². The van der Waals surface area contributed by atoms with E-state index in [0.29, 0.717) is 19.8 Å². The van der Waals surface area contributed by atoms with Gasteiger partial charge in [-0.05, 0) is 43.3 Å². The summed E-state index contributed by atoms with van der Waals surface area (Å²) in [5.74, 6) is 0.795. The van der Waals surface area contributed by atoms with E-state index in [1.54, 1.807) is 18.7 Å². The zero-order valence-electron chi connectivity index (χ0n) is 15.6. The molecule has 0 aromatic carbocycles. The van der Waals surface area contributed by atoms with Gasteiger partial charge in [0.2, 0.25) is 0 Å². The Morgan fingerprint density at radius 3 is 2.50 bits per heavy atom. The first kappa shape index (κ1) is 20.9. The Labute approximate surface area is 149 Å². The summed E-state index contributed by atoms with van der Waals surface area (Å²) in [5.41, 5.74) is -0.00790. The van der Waals surface area contributed by atoms with Crippen molar-refractivity contribution in [2.75, 3.05) is 31.8 Å². The zero-order chi connectivity index (χ0) is 18.2. The molecule has 0 heterocycles. The van der Waals surface area contributed by atoms with Crippen LogP contribution in [0.2, 0.25) is 0 Å². The normalized spacial score (nSPS) is 25.6. The molecule has 0 saturated heterocycles. The predicted molar refractivity (Wildman–Crippen MR) is 97.4 cm³/mol. The maximum atomic E-state index is 11.8. The van der Waals surface area contributed by atoms with Gasteiger partial charge in [0, 0.05) is 18.3 Å². The van der Waals surface area contributed by atoms with Crippen molar-refractivity contribution in [3.05, 3.63) is 0 Å². The molecule has 6 nitrogen and oxygen atoms in total. The van der Waals surface area contributed by atoms with Gasteiger partial charge < -0.3 is 20.1 Å². The van der Waals surface area contributed by atoms with Gasteiger partial charge in [-0.15, -0.1) is 0 Å². The summed E-state index contributed by atoms with van der Waals surface area (Å²) < 4.78 is 10.1. The number of carbonyl (C=O) groups is 2. The lowest BCUT2D eigenvalue weighted by Gasteiger charge is -2.46. The van der Waals surface area contributed by atoms with E-state index < -0.39 is 0 Å². The Kier molecular flexibility index (Phi) is 8.19. The fourth-order valence-corrected chi connectivity index (χ4v) is 4.01. The van der Waals surface area contributed by atoms with E-state index in [-0.39, 0.29) is 29.1 Å². The third-order valence-electron chi connectivity index (χ3n) is 4.22. The number of hydrogen-bond donors (Lipinski definition) is 2. The van der Waals surface area contributed by atoms with E-state index in [9.17, 15) is 9.59 Å². The highest BCUT2D eigenvalue weighted by atomic mass is 32.2. The van der Waals surface area contributed by atoms with Crippen LogP contribution in [0.4, 0.5) is 9.59 Å². The Balaban J connectivity index is 2.56. The van der Waals surface area contributed by atoms with Gasteiger partial charge in [0.1, 0.15) is 6.61 Å². The highest BCUT2D eigenvalue weighted by Crippen LogP contribution is 2.45. The van der Waals surface area contributed by atoms with Crippen LogP contribution in [0.15, 0.2) is 0 Å². The van der Waals surface area contributed by atoms with Crippen LogP contribution >= 0.6 is 11.8 Å². The maximum absolute atomic E-state index is 11.8. The van der Waals surface area contributed by atoms with Gasteiger partial charge >= 0.3 is 12.2 Å². The predicted octanol–water partition coefficient (Wildman–Crippen LogP) is 3.41. The van der Waals surface area contributed by atoms with Crippen LogP contribution in [-0.4, -0.2) is 50.0 Å². The Morgan fingerprint density at radius 1 is 1.17 bits per heavy atom. The minimum atomic E-state index is -0.372. The van der Waals surface area contributed by atoms with Gasteiger partial charge in [-0.3, -0.25) is 0 Å². The van der Waals surface area contributed by atoms with Gasteiger partial charge in [0.25, 0.3) is 0 Å². The quantitative estimate of drug-likeness (QED) is 0.681. The van der Waals surface area contributed by atoms with Crippen LogP contribution in [0, 0.1) is 10.8 Å². The molecule has 2 N–H and O–H groups in total. The first-order chi connectivity index (χ1) is 11.2. The second-order valence-corrected chi connectivity index (χ2v) is 8.59. The van der Waals surface area contributed by atoms with Crippen LogP contribution in [0.1, 0.15) is 47.0 Å². The number of rotatable bonds is 7. The molecule has 1 rings (SSSR count). The summed E-state index contributed by atoms with van der Waals surface area (Å²) in [6.45, 7) is 9.65. The summed E-state index contributed by atoms with van der Waals surface area (Å²) in [7, 11) is 0. The highest BCUT2D eigenvalue weighted by Gasteiger charge is 2.42. The smallest absolute Gasteiger partial charge is 0.407 e. The summed E-state index contributed by atoms with van der Waals surface area (Å²) in [4.78, 5) is 23.5. The topological polar surface area (TPSA) is 76.7 Å². The maximum Gasteiger partial charge on any atom is 0.407 e. The molecule has 2 unspecified atom stereocenters. The molecule has 1 fully saturated rings. The van der Waals surface area contributed by atoms with Crippen molar-refractivity contribution >= 4 is 23.9 Å². The summed E-state index contributed by atoms with van der Waals surface area (Å²) >= 11 is 1.64. The molecule has 2 atom stereocenters. The molecular formula is C17H32N2O4S. The molecule has 1 saturated carbocycles. The number of nitrogens with one attached hydrogen (secondary N) is 2. The van der Waals surface area contributed by atoms with Crippen LogP contribution < -0.4 is 10.6 Å². The zero-order valence-corrected chi connectivity index (χ0v) is 16.4. The third kappa shape index (κ3) is 7.64. The standard InChI is InChI=1S/C17H32N2O4S/c1-6-22-15(21)19-13-9-16(2,3)11-17(4,10-13)12-18-14(20)23-7-8-24-5/h13H,6-12H2,1-5H3,(H,18,20)(H,19,21). The lowest BCUT2D eigenvalue weighted by atomic mass is 9.62. The summed E-state index contributed by atoms with van der Waals surface area (Å²) in [6, 6.07) is 0.0483. The number of carbonyl (C=O) groups excluding carboxylic acids is 2. The van der Waals surface area contributed by atoms with E-state index >= 15 is 0 Å². The molecule has 0 spiro atoms. The van der Waals surface area contributed by atoms with Crippen molar-refractivity contribution in [2.45, 2.75) is 53.0 Å². The largest absolute Gasteiger partial charge is 0.450 e. The SMILES string of the molecule is CCOC(=O)NC1CC(C)(C)CC(C)(CNC(=O)OCCSC)C1. The Bertz CT molecular complexity index is 431. The van der Waals surface area contributed by atoms with Crippen LogP contribution in [0.3, 0.4) is 0 Å². The summed E-state index contributed by atoms with van der Waals surface area (Å²) in [6.07, 6.45) is 3.92. The Hall–Kier alpha value is -1.11. The molecule has 24 heavy (non-hydrogen) atoms. The fraction of sp³-hybridized carbons (Fsp3) is 0.882. The van der Waals surface area contributed by atoms with Crippen molar-refractivity contribution in [3.8, 4) is 0 Å². The van der Waals surface area contributed by atoms with E-state index in [0.717, 1.165) is 25.0 Å². The molecule has 1 aliphatic carbocycles. The lowest BCUT2D eigenvalue weighted by molar-refractivity contribution is 0.0634. The van der Waals surface area contributed by atoms with Gasteiger partial charge in [-0.25, -0.2) is 9.59 Å². The first-order valence-corrected chi connectivity index (χ1v) is 9.92. The molecule has 7 heteroatoms. The van der Waals surface area contributed by atoms with E-state index in [1.165, 1.54) is 0 Å². The van der Waals surface area contributed by atoms with Gasteiger partial charge in [-0.1, -0.05) is 20.8 Å². The van der Waals surface area contributed by atoms with E-state index in [1.807, 2.05) is 6.26 Å². The van der Waals surface area contributed by atoms with Crippen LogP contribution in [-0.2, 0) is 9.47 Å². The second-order valence-electron chi connectivity index (χ2n) is 7.60. The molecule has 0 aromatic heterocycles. The fourth-order valence-electron chi connectivity index (χ4n) is 3.76. The van der Waals surface area contributed by atoms with Gasteiger partial charge in [0.05, 0.1) is 6.61 Å². The van der Waals surface area contributed by atoms with E-state index in [2.05, 4.69) is 31.4 Å². The average molecular weight is 361 g/mol. The van der Waals surface area contributed by atoms with Crippen LogP contribution in [0.25, 0.3) is 0 Å². The molecule has 1 aliphatic rings. The molecule has 0 radical (unpaired) electrons.